The van der Waals surface area contributed by atoms with Crippen LogP contribution in [-0.2, 0) is 21.3 Å². The zero-order valence-electron chi connectivity index (χ0n) is 12.4. The van der Waals surface area contributed by atoms with Gasteiger partial charge in [0.25, 0.3) is 0 Å². The lowest BCUT2D eigenvalue weighted by atomic mass is 9.96. The van der Waals surface area contributed by atoms with Crippen molar-refractivity contribution in [3.8, 4) is 0 Å². The van der Waals surface area contributed by atoms with Crippen molar-refractivity contribution in [3.63, 3.8) is 0 Å². The van der Waals surface area contributed by atoms with Crippen molar-refractivity contribution < 1.29 is 13.2 Å². The van der Waals surface area contributed by atoms with Crippen LogP contribution in [0, 0.1) is 6.92 Å². The molecule has 118 valence electrons. The molecule has 2 bridgehead atoms. The number of rotatable bonds is 6. The maximum absolute atomic E-state index is 12.5. The van der Waals surface area contributed by atoms with Crippen LogP contribution in [0.2, 0.25) is 0 Å². The molecule has 2 fully saturated rings. The lowest BCUT2D eigenvalue weighted by Gasteiger charge is -2.19. The van der Waals surface area contributed by atoms with Crippen molar-refractivity contribution in [2.45, 2.75) is 62.1 Å². The van der Waals surface area contributed by atoms with Crippen LogP contribution in [0.15, 0.2) is 10.3 Å². The van der Waals surface area contributed by atoms with E-state index in [0.29, 0.717) is 4.21 Å². The highest BCUT2D eigenvalue weighted by molar-refractivity contribution is 7.91. The van der Waals surface area contributed by atoms with E-state index in [1.165, 1.54) is 11.3 Å². The lowest BCUT2D eigenvalue weighted by Crippen LogP contribution is -2.41. The number of thiophene rings is 1. The molecule has 0 spiro atoms. The Hall–Kier alpha value is -0.470. The second kappa shape index (κ2) is 5.96. The third-order valence-electron chi connectivity index (χ3n) is 4.21. The molecule has 0 amide bonds. The van der Waals surface area contributed by atoms with E-state index in [4.69, 9.17) is 4.74 Å². The average molecular weight is 330 g/mol. The van der Waals surface area contributed by atoms with Gasteiger partial charge in [-0.25, -0.2) is 13.1 Å². The molecule has 2 N–H and O–H groups in total. The first kappa shape index (κ1) is 15.4. The smallest absolute Gasteiger partial charge is 0.250 e. The second-order valence-corrected chi connectivity index (χ2v) is 8.87. The molecular formula is C14H22N2O3S2. The minimum absolute atomic E-state index is 0.0617. The summed E-state index contributed by atoms with van der Waals surface area (Å²) in [6.45, 7) is 5.60. The molecule has 0 saturated carbocycles. The van der Waals surface area contributed by atoms with Gasteiger partial charge in [0.2, 0.25) is 10.0 Å². The largest absolute Gasteiger partial charge is 0.373 e. The Kier molecular flexibility index (Phi) is 4.38. The molecule has 3 atom stereocenters. The summed E-state index contributed by atoms with van der Waals surface area (Å²) in [4.78, 5) is 1.08. The van der Waals surface area contributed by atoms with Crippen molar-refractivity contribution in [3.05, 3.63) is 16.5 Å². The Bertz CT molecular complexity index is 612. The van der Waals surface area contributed by atoms with E-state index in [2.05, 4.69) is 10.0 Å². The first-order valence-electron chi connectivity index (χ1n) is 7.47. The van der Waals surface area contributed by atoms with Crippen LogP contribution >= 0.6 is 11.3 Å². The van der Waals surface area contributed by atoms with Gasteiger partial charge in [-0.1, -0.05) is 6.92 Å². The summed E-state index contributed by atoms with van der Waals surface area (Å²) in [5.41, 5.74) is 1.03. The van der Waals surface area contributed by atoms with Crippen LogP contribution < -0.4 is 10.0 Å². The Labute approximate surface area is 130 Å². The van der Waals surface area contributed by atoms with E-state index in [0.717, 1.165) is 42.8 Å². The molecule has 1 aromatic heterocycles. The summed E-state index contributed by atoms with van der Waals surface area (Å²) in [5.74, 6) is 0. The molecule has 21 heavy (non-hydrogen) atoms. The summed E-state index contributed by atoms with van der Waals surface area (Å²) in [6, 6.07) is 1.71. The molecular weight excluding hydrogens is 308 g/mol. The molecule has 2 aliphatic heterocycles. The van der Waals surface area contributed by atoms with Crippen molar-refractivity contribution in [2.75, 3.05) is 6.54 Å². The molecule has 3 heterocycles. The lowest BCUT2D eigenvalue weighted by molar-refractivity contribution is 0.0996. The average Bonchev–Trinajstić information content (AvgIpc) is 3.11. The van der Waals surface area contributed by atoms with E-state index in [1.807, 2.05) is 13.8 Å². The fourth-order valence-corrected chi connectivity index (χ4v) is 5.91. The minimum atomic E-state index is -3.43. The predicted octanol–water partition coefficient (Wildman–Crippen LogP) is 1.76. The summed E-state index contributed by atoms with van der Waals surface area (Å²) in [6.07, 6.45) is 3.14. The zero-order chi connectivity index (χ0) is 15.0. The highest BCUT2D eigenvalue weighted by Crippen LogP contribution is 2.35. The van der Waals surface area contributed by atoms with E-state index >= 15 is 0 Å². The van der Waals surface area contributed by atoms with Gasteiger partial charge in [0, 0.05) is 11.4 Å². The molecule has 2 aliphatic rings. The van der Waals surface area contributed by atoms with Crippen LogP contribution in [-0.4, -0.2) is 33.2 Å². The van der Waals surface area contributed by atoms with Crippen molar-refractivity contribution in [1.29, 1.82) is 0 Å². The van der Waals surface area contributed by atoms with Gasteiger partial charge in [0.15, 0.2) is 0 Å². The van der Waals surface area contributed by atoms with Gasteiger partial charge in [0.05, 0.1) is 18.2 Å². The van der Waals surface area contributed by atoms with Crippen LogP contribution in [0.4, 0.5) is 0 Å². The normalized spacial score (nSPS) is 28.4. The number of nitrogens with one attached hydrogen (secondary N) is 2. The number of aryl methyl sites for hydroxylation is 1. The third-order valence-corrected chi connectivity index (χ3v) is 7.41. The zero-order valence-corrected chi connectivity index (χ0v) is 14.0. The van der Waals surface area contributed by atoms with Gasteiger partial charge in [-0.3, -0.25) is 0 Å². The van der Waals surface area contributed by atoms with E-state index in [9.17, 15) is 8.42 Å². The molecule has 7 heteroatoms. The van der Waals surface area contributed by atoms with Crippen LogP contribution in [0.1, 0.15) is 36.6 Å². The summed E-state index contributed by atoms with van der Waals surface area (Å²) in [5, 5.41) is 3.24. The first-order chi connectivity index (χ1) is 9.99. The predicted molar refractivity (Wildman–Crippen MR) is 83.1 cm³/mol. The number of sulfonamides is 1. The van der Waals surface area contributed by atoms with E-state index in [-0.39, 0.29) is 18.2 Å². The summed E-state index contributed by atoms with van der Waals surface area (Å²) >= 11 is 1.36. The first-order valence-corrected chi connectivity index (χ1v) is 9.77. The number of hydrogen-bond acceptors (Lipinski definition) is 5. The monoisotopic (exact) mass is 330 g/mol. The van der Waals surface area contributed by atoms with Gasteiger partial charge >= 0.3 is 0 Å². The molecule has 3 unspecified atom stereocenters. The molecule has 2 saturated heterocycles. The highest BCUT2D eigenvalue weighted by Gasteiger charge is 2.42. The molecule has 1 aromatic rings. The molecule has 3 rings (SSSR count). The topological polar surface area (TPSA) is 67.4 Å². The van der Waals surface area contributed by atoms with Crippen LogP contribution in [0.5, 0.6) is 0 Å². The Morgan fingerprint density at radius 1 is 1.43 bits per heavy atom. The van der Waals surface area contributed by atoms with E-state index < -0.39 is 10.0 Å². The number of ether oxygens (including phenoxy) is 1. The third kappa shape index (κ3) is 3.17. The quantitative estimate of drug-likeness (QED) is 0.834. The summed E-state index contributed by atoms with van der Waals surface area (Å²) in [7, 11) is -3.43. The second-order valence-electron chi connectivity index (χ2n) is 5.79. The van der Waals surface area contributed by atoms with Gasteiger partial charge in [-0.15, -0.1) is 11.3 Å². The molecule has 0 radical (unpaired) electrons. The van der Waals surface area contributed by atoms with Gasteiger partial charge in [-0.05, 0) is 44.4 Å². The fourth-order valence-electron chi connectivity index (χ4n) is 3.05. The van der Waals surface area contributed by atoms with Gasteiger partial charge in [0.1, 0.15) is 4.21 Å². The van der Waals surface area contributed by atoms with Crippen molar-refractivity contribution in [1.82, 2.24) is 10.0 Å². The standard InChI is InChI=1S/C14H22N2O3S2/c1-3-15-8-13-9(2)6-14(20-13)21(17,18)16-11-7-10-4-5-12(11)19-10/h6,10-12,15-16H,3-5,7-8H2,1-2H3. The minimum Gasteiger partial charge on any atom is -0.373 e. The van der Waals surface area contributed by atoms with E-state index in [1.54, 1.807) is 6.07 Å². The maximum Gasteiger partial charge on any atom is 0.250 e. The fraction of sp³-hybridized carbons (Fsp3) is 0.714. The Morgan fingerprint density at radius 3 is 2.86 bits per heavy atom. The molecule has 0 aromatic carbocycles. The van der Waals surface area contributed by atoms with Crippen molar-refractivity contribution in [2.24, 2.45) is 0 Å². The maximum atomic E-state index is 12.5. The van der Waals surface area contributed by atoms with Gasteiger partial charge in [-0.2, -0.15) is 0 Å². The van der Waals surface area contributed by atoms with Crippen molar-refractivity contribution >= 4 is 21.4 Å². The van der Waals surface area contributed by atoms with Crippen LogP contribution in [0.25, 0.3) is 0 Å². The highest BCUT2D eigenvalue weighted by atomic mass is 32.2. The Balaban J connectivity index is 1.72. The van der Waals surface area contributed by atoms with Gasteiger partial charge < -0.3 is 10.1 Å². The van der Waals surface area contributed by atoms with Crippen LogP contribution in [0.3, 0.4) is 0 Å². The summed E-state index contributed by atoms with van der Waals surface area (Å²) < 4.78 is 34.0. The molecule has 5 nitrogen and oxygen atoms in total. The SMILES string of the molecule is CCNCc1sc(S(=O)(=O)NC2CC3CCC2O3)cc1C. The molecule has 0 aliphatic carbocycles. The number of hydrogen-bond donors (Lipinski definition) is 2. The number of fused-ring (bicyclic) bond motifs is 2. The Morgan fingerprint density at radius 2 is 2.24 bits per heavy atom.